The molecule has 1 aliphatic heterocycles. The predicted molar refractivity (Wildman–Crippen MR) is 120 cm³/mol. The molecule has 1 aromatic heterocycles. The van der Waals surface area contributed by atoms with Gasteiger partial charge in [-0.1, -0.05) is 43.3 Å². The topological polar surface area (TPSA) is 68.6 Å². The van der Waals surface area contributed by atoms with Crippen LogP contribution < -0.4 is 0 Å². The highest BCUT2D eigenvalue weighted by Gasteiger charge is 2.45. The first-order chi connectivity index (χ1) is 15.0. The van der Waals surface area contributed by atoms with Crippen molar-refractivity contribution in [2.24, 2.45) is 10.9 Å². The van der Waals surface area contributed by atoms with Crippen LogP contribution in [-0.4, -0.2) is 28.6 Å². The number of ketones is 1. The fourth-order valence-electron chi connectivity index (χ4n) is 4.56. The minimum atomic E-state index is -0.639. The number of esters is 1. The van der Waals surface area contributed by atoms with Gasteiger partial charge >= 0.3 is 5.97 Å². The normalized spacial score (nSPS) is 24.3. The van der Waals surface area contributed by atoms with Crippen molar-refractivity contribution in [2.75, 3.05) is 0 Å². The Bertz CT molecular complexity index is 1030. The molecule has 0 saturated heterocycles. The third kappa shape index (κ3) is 4.22. The number of pyridine rings is 1. The van der Waals surface area contributed by atoms with Gasteiger partial charge in [-0.25, -0.2) is 0 Å². The van der Waals surface area contributed by atoms with Crippen LogP contribution in [0, 0.1) is 5.92 Å². The van der Waals surface area contributed by atoms with Crippen molar-refractivity contribution in [3.63, 3.8) is 0 Å². The SMILES string of the molecule is CC[C@H](C)OC(=O)C1C(C)=NC2=C(C(=O)C[C@H](c3ccccc3)C2)[C@@H]1c1ccccn1. The molecule has 4 rings (SSSR count). The lowest BCUT2D eigenvalue weighted by atomic mass is 9.70. The van der Waals surface area contributed by atoms with Crippen LogP contribution in [0.1, 0.15) is 63.1 Å². The average Bonchev–Trinajstić information content (AvgIpc) is 2.79. The molecule has 160 valence electrons. The molecule has 0 bridgehead atoms. The van der Waals surface area contributed by atoms with E-state index >= 15 is 0 Å². The molecule has 2 aliphatic rings. The largest absolute Gasteiger partial charge is 0.462 e. The molecule has 0 radical (unpaired) electrons. The van der Waals surface area contributed by atoms with Gasteiger partial charge in [0, 0.05) is 35.3 Å². The predicted octanol–water partition coefficient (Wildman–Crippen LogP) is 5.00. The maximum atomic E-state index is 13.4. The molecular weight excluding hydrogens is 388 g/mol. The van der Waals surface area contributed by atoms with Crippen molar-refractivity contribution in [3.05, 3.63) is 77.3 Å². The first-order valence-corrected chi connectivity index (χ1v) is 11.0. The second-order valence-corrected chi connectivity index (χ2v) is 8.42. The average molecular weight is 417 g/mol. The Morgan fingerprint density at radius 3 is 2.55 bits per heavy atom. The molecule has 5 nitrogen and oxygen atoms in total. The maximum Gasteiger partial charge on any atom is 0.315 e. The Balaban J connectivity index is 1.76. The molecule has 2 aromatic rings. The molecule has 5 heteroatoms. The van der Waals surface area contributed by atoms with Gasteiger partial charge in [0.05, 0.1) is 12.0 Å². The third-order valence-electron chi connectivity index (χ3n) is 6.31. The van der Waals surface area contributed by atoms with Crippen molar-refractivity contribution in [3.8, 4) is 0 Å². The van der Waals surface area contributed by atoms with Crippen molar-refractivity contribution in [1.82, 2.24) is 4.98 Å². The van der Waals surface area contributed by atoms with Crippen molar-refractivity contribution in [1.29, 1.82) is 0 Å². The molecule has 31 heavy (non-hydrogen) atoms. The molecule has 0 spiro atoms. The van der Waals surface area contributed by atoms with Crippen LogP contribution in [0.5, 0.6) is 0 Å². The van der Waals surface area contributed by atoms with Crippen LogP contribution in [-0.2, 0) is 14.3 Å². The van der Waals surface area contributed by atoms with Gasteiger partial charge in [0.15, 0.2) is 5.78 Å². The summed E-state index contributed by atoms with van der Waals surface area (Å²) in [5.41, 5.74) is 3.95. The first-order valence-electron chi connectivity index (χ1n) is 11.0. The van der Waals surface area contributed by atoms with Gasteiger partial charge in [-0.05, 0) is 50.3 Å². The lowest BCUT2D eigenvalue weighted by Gasteiger charge is -2.36. The van der Waals surface area contributed by atoms with E-state index in [4.69, 9.17) is 9.73 Å². The highest BCUT2D eigenvalue weighted by molar-refractivity contribution is 6.09. The summed E-state index contributed by atoms with van der Waals surface area (Å²) in [7, 11) is 0. The lowest BCUT2D eigenvalue weighted by Crippen LogP contribution is -2.39. The molecular formula is C26H28N2O3. The van der Waals surface area contributed by atoms with Gasteiger partial charge < -0.3 is 4.74 Å². The monoisotopic (exact) mass is 416 g/mol. The molecule has 1 aliphatic carbocycles. The number of rotatable bonds is 5. The van der Waals surface area contributed by atoms with Gasteiger partial charge in [0.2, 0.25) is 0 Å². The number of carbonyl (C=O) groups is 2. The minimum Gasteiger partial charge on any atom is -0.462 e. The quantitative estimate of drug-likeness (QED) is 0.644. The molecule has 0 fully saturated rings. The smallest absolute Gasteiger partial charge is 0.315 e. The van der Waals surface area contributed by atoms with Crippen LogP contribution in [0.2, 0.25) is 0 Å². The number of hydrogen-bond acceptors (Lipinski definition) is 5. The van der Waals surface area contributed by atoms with E-state index in [-0.39, 0.29) is 23.8 Å². The Morgan fingerprint density at radius 2 is 1.87 bits per heavy atom. The van der Waals surface area contributed by atoms with Crippen LogP contribution in [0.15, 0.2) is 71.0 Å². The van der Waals surface area contributed by atoms with E-state index in [1.165, 1.54) is 0 Å². The van der Waals surface area contributed by atoms with Gasteiger partial charge in [0.25, 0.3) is 0 Å². The summed E-state index contributed by atoms with van der Waals surface area (Å²) in [5.74, 6) is -1.30. The van der Waals surface area contributed by atoms with Crippen molar-refractivity contribution in [2.45, 2.75) is 58.0 Å². The summed E-state index contributed by atoms with van der Waals surface area (Å²) in [6.07, 6.45) is 3.33. The maximum absolute atomic E-state index is 13.4. The Hall–Kier alpha value is -3.08. The van der Waals surface area contributed by atoms with E-state index in [1.807, 2.05) is 57.2 Å². The number of carbonyl (C=O) groups excluding carboxylic acids is 2. The van der Waals surface area contributed by atoms with Gasteiger partial charge in [-0.15, -0.1) is 0 Å². The van der Waals surface area contributed by atoms with E-state index in [1.54, 1.807) is 6.20 Å². The van der Waals surface area contributed by atoms with E-state index in [9.17, 15) is 9.59 Å². The Morgan fingerprint density at radius 1 is 1.13 bits per heavy atom. The number of ether oxygens (including phenoxy) is 1. The summed E-state index contributed by atoms with van der Waals surface area (Å²) in [6, 6.07) is 15.7. The zero-order valence-electron chi connectivity index (χ0n) is 18.2. The van der Waals surface area contributed by atoms with Crippen LogP contribution in [0.3, 0.4) is 0 Å². The molecule has 0 N–H and O–H groups in total. The second kappa shape index (κ2) is 8.96. The second-order valence-electron chi connectivity index (χ2n) is 8.42. The number of aromatic nitrogens is 1. The molecule has 1 unspecified atom stereocenters. The minimum absolute atomic E-state index is 0.0448. The highest BCUT2D eigenvalue weighted by atomic mass is 16.5. The van der Waals surface area contributed by atoms with Gasteiger partial charge in [-0.3, -0.25) is 19.6 Å². The van der Waals surface area contributed by atoms with Gasteiger partial charge in [-0.2, -0.15) is 0 Å². The summed E-state index contributed by atoms with van der Waals surface area (Å²) in [4.78, 5) is 35.9. The summed E-state index contributed by atoms with van der Waals surface area (Å²) in [5, 5.41) is 0. The molecule has 0 saturated carbocycles. The van der Waals surface area contributed by atoms with Crippen LogP contribution >= 0.6 is 0 Å². The van der Waals surface area contributed by atoms with E-state index in [0.29, 0.717) is 29.8 Å². The van der Waals surface area contributed by atoms with Crippen molar-refractivity contribution < 1.29 is 14.3 Å². The van der Waals surface area contributed by atoms with Crippen molar-refractivity contribution >= 4 is 17.5 Å². The number of benzene rings is 1. The molecule has 4 atom stereocenters. The lowest BCUT2D eigenvalue weighted by molar-refractivity contribution is -0.151. The fraction of sp³-hybridized carbons (Fsp3) is 0.385. The molecule has 2 heterocycles. The first kappa shape index (κ1) is 21.2. The zero-order valence-corrected chi connectivity index (χ0v) is 18.2. The summed E-state index contributed by atoms with van der Waals surface area (Å²) >= 11 is 0. The third-order valence-corrected chi connectivity index (χ3v) is 6.31. The number of allylic oxidation sites excluding steroid dienone is 2. The van der Waals surface area contributed by atoms with E-state index in [2.05, 4.69) is 17.1 Å². The Kier molecular flexibility index (Phi) is 6.12. The summed E-state index contributed by atoms with van der Waals surface area (Å²) < 4.78 is 5.69. The Labute approximate surface area is 183 Å². The number of Topliss-reactive ketones (excluding diaryl/α,β-unsaturated/α-hetero) is 1. The van der Waals surface area contributed by atoms with E-state index in [0.717, 1.165) is 17.7 Å². The molecule has 1 aromatic carbocycles. The van der Waals surface area contributed by atoms with Crippen LogP contribution in [0.25, 0.3) is 0 Å². The molecule has 0 amide bonds. The van der Waals surface area contributed by atoms with Gasteiger partial charge in [0.1, 0.15) is 5.92 Å². The van der Waals surface area contributed by atoms with E-state index < -0.39 is 11.8 Å². The fourth-order valence-corrected chi connectivity index (χ4v) is 4.56. The number of aliphatic imine (C=N–C) groups is 1. The zero-order chi connectivity index (χ0) is 22.0. The van der Waals surface area contributed by atoms with Crippen LogP contribution in [0.4, 0.5) is 0 Å². The number of hydrogen-bond donors (Lipinski definition) is 0. The highest BCUT2D eigenvalue weighted by Crippen LogP contribution is 2.46. The standard InChI is InChI=1S/C26H28N2O3/c1-4-16(2)31-26(30)23-17(3)28-21-14-19(18-10-6-5-7-11-18)15-22(29)24(21)25(23)20-12-8-9-13-27-20/h5-13,16,19,23,25H,4,14-15H2,1-3H3/t16-,19+,23?,25+/m0/s1. The number of nitrogens with zero attached hydrogens (tertiary/aromatic N) is 2. The summed E-state index contributed by atoms with van der Waals surface area (Å²) in [6.45, 7) is 5.72.